The lowest BCUT2D eigenvalue weighted by atomic mass is 10.1. The van der Waals surface area contributed by atoms with Crippen molar-refractivity contribution >= 4 is 19.7 Å². The van der Waals surface area contributed by atoms with Crippen molar-refractivity contribution in [2.24, 2.45) is 7.05 Å². The van der Waals surface area contributed by atoms with Crippen molar-refractivity contribution in [1.82, 2.24) is 14.5 Å². The molecule has 0 aliphatic rings. The van der Waals surface area contributed by atoms with Crippen LogP contribution < -0.4 is 5.56 Å². The number of nitrogens with zero attached hydrogens (tertiary/aromatic N) is 3. The van der Waals surface area contributed by atoms with E-state index in [4.69, 9.17) is 0 Å². The molecule has 0 aliphatic heterocycles. The zero-order valence-electron chi connectivity index (χ0n) is 15.2. The lowest BCUT2D eigenvalue weighted by Gasteiger charge is -2.11. The van der Waals surface area contributed by atoms with Gasteiger partial charge in [0.15, 0.2) is 9.84 Å². The number of hydrogen-bond acceptors (Lipinski definition) is 7. The van der Waals surface area contributed by atoms with Crippen LogP contribution in [0.25, 0.3) is 11.3 Å². The van der Waals surface area contributed by atoms with Crippen molar-refractivity contribution in [3.63, 3.8) is 0 Å². The third-order valence-electron chi connectivity index (χ3n) is 3.82. The summed E-state index contributed by atoms with van der Waals surface area (Å²) in [6.07, 6.45) is 2.48. The topological polar surface area (TPSA) is 116 Å². The van der Waals surface area contributed by atoms with Crippen LogP contribution in [0.3, 0.4) is 0 Å². The van der Waals surface area contributed by atoms with Crippen LogP contribution >= 0.6 is 0 Å². The summed E-state index contributed by atoms with van der Waals surface area (Å²) in [5.74, 6) is -0.395. The SMILES string of the molecule is Cc1cc(-c2cc(CS(=O)(=O)C(C)C)nc(S(C)(=O)=O)n2)cn(C)c1=O. The molecule has 0 unspecified atom stereocenters. The number of aromatic nitrogens is 3. The first kappa shape index (κ1) is 20.2. The van der Waals surface area contributed by atoms with Gasteiger partial charge in [0.1, 0.15) is 0 Å². The van der Waals surface area contributed by atoms with Gasteiger partial charge in [-0.3, -0.25) is 4.79 Å². The molecule has 10 heteroatoms. The van der Waals surface area contributed by atoms with Crippen LogP contribution in [-0.4, -0.2) is 42.9 Å². The molecule has 0 saturated heterocycles. The quantitative estimate of drug-likeness (QED) is 0.685. The molecule has 0 amide bonds. The zero-order valence-corrected chi connectivity index (χ0v) is 16.8. The number of sulfone groups is 2. The first-order valence-electron chi connectivity index (χ1n) is 7.78. The highest BCUT2D eigenvalue weighted by Crippen LogP contribution is 2.21. The highest BCUT2D eigenvalue weighted by atomic mass is 32.2. The van der Waals surface area contributed by atoms with Crippen molar-refractivity contribution in [3.05, 3.63) is 39.9 Å². The number of aryl methyl sites for hydroxylation is 2. The summed E-state index contributed by atoms with van der Waals surface area (Å²) in [6.45, 7) is 4.73. The number of hydrogen-bond donors (Lipinski definition) is 0. The van der Waals surface area contributed by atoms with Crippen molar-refractivity contribution in [3.8, 4) is 11.3 Å². The van der Waals surface area contributed by atoms with Crippen LogP contribution in [0.4, 0.5) is 0 Å². The second-order valence-corrected chi connectivity index (χ2v) is 10.9. The molecule has 142 valence electrons. The van der Waals surface area contributed by atoms with E-state index in [2.05, 4.69) is 9.97 Å². The Labute approximate surface area is 152 Å². The van der Waals surface area contributed by atoms with Crippen LogP contribution in [0.1, 0.15) is 25.1 Å². The van der Waals surface area contributed by atoms with Gasteiger partial charge in [-0.15, -0.1) is 0 Å². The van der Waals surface area contributed by atoms with Gasteiger partial charge < -0.3 is 4.57 Å². The van der Waals surface area contributed by atoms with E-state index < -0.39 is 35.8 Å². The molecule has 0 saturated carbocycles. The molecule has 0 N–H and O–H groups in total. The lowest BCUT2D eigenvalue weighted by Crippen LogP contribution is -2.19. The maximum absolute atomic E-state index is 12.2. The van der Waals surface area contributed by atoms with Gasteiger partial charge >= 0.3 is 0 Å². The molecular weight excluding hydrogens is 378 g/mol. The van der Waals surface area contributed by atoms with Gasteiger partial charge in [0.2, 0.25) is 15.0 Å². The smallest absolute Gasteiger partial charge is 0.253 e. The zero-order chi connectivity index (χ0) is 19.9. The Hall–Kier alpha value is -2.07. The largest absolute Gasteiger partial charge is 0.318 e. The van der Waals surface area contributed by atoms with Crippen LogP contribution in [0.5, 0.6) is 0 Å². The lowest BCUT2D eigenvalue weighted by molar-refractivity contribution is 0.582. The van der Waals surface area contributed by atoms with E-state index in [9.17, 15) is 21.6 Å². The van der Waals surface area contributed by atoms with E-state index in [1.807, 2.05) is 0 Å². The summed E-state index contributed by atoms with van der Waals surface area (Å²) in [6, 6.07) is 3.02. The second kappa shape index (κ2) is 6.92. The van der Waals surface area contributed by atoms with E-state index in [1.54, 1.807) is 33.9 Å². The fraction of sp³-hybridized carbons (Fsp3) is 0.438. The first-order chi connectivity index (χ1) is 11.8. The molecule has 0 atom stereocenters. The summed E-state index contributed by atoms with van der Waals surface area (Å²) in [4.78, 5) is 19.8. The van der Waals surface area contributed by atoms with Gasteiger partial charge in [-0.2, -0.15) is 0 Å². The summed E-state index contributed by atoms with van der Waals surface area (Å²) >= 11 is 0. The van der Waals surface area contributed by atoms with Crippen LogP contribution in [0.15, 0.2) is 28.3 Å². The van der Waals surface area contributed by atoms with E-state index in [1.165, 1.54) is 16.8 Å². The minimum atomic E-state index is -3.75. The van der Waals surface area contributed by atoms with E-state index in [0.29, 0.717) is 11.1 Å². The monoisotopic (exact) mass is 399 g/mol. The summed E-state index contributed by atoms with van der Waals surface area (Å²) in [7, 11) is -5.65. The molecule has 2 rings (SSSR count). The first-order valence-corrected chi connectivity index (χ1v) is 11.4. The van der Waals surface area contributed by atoms with E-state index in [0.717, 1.165) is 6.26 Å². The average molecular weight is 399 g/mol. The molecule has 0 spiro atoms. The Kier molecular flexibility index (Phi) is 5.39. The Morgan fingerprint density at radius 1 is 1.12 bits per heavy atom. The molecule has 2 heterocycles. The maximum Gasteiger partial charge on any atom is 0.253 e. The second-order valence-electron chi connectivity index (χ2n) is 6.48. The van der Waals surface area contributed by atoms with Gasteiger partial charge in [0.05, 0.1) is 22.4 Å². The molecule has 26 heavy (non-hydrogen) atoms. The van der Waals surface area contributed by atoms with Crippen LogP contribution in [-0.2, 0) is 32.5 Å². The fourth-order valence-corrected chi connectivity index (χ4v) is 3.69. The van der Waals surface area contributed by atoms with Gasteiger partial charge in [-0.1, -0.05) is 0 Å². The van der Waals surface area contributed by atoms with E-state index >= 15 is 0 Å². The predicted octanol–water partition coefficient (Wildman–Crippen LogP) is 0.877. The van der Waals surface area contributed by atoms with Crippen molar-refractivity contribution in [1.29, 1.82) is 0 Å². The number of rotatable bonds is 5. The molecule has 0 radical (unpaired) electrons. The molecule has 0 aromatic carbocycles. The standard InChI is InChI=1S/C16H21N3O5S2/c1-10(2)26(23,24)9-13-7-14(18-16(17-13)25(5,21)22)12-6-11(3)15(20)19(4)8-12/h6-8,10H,9H2,1-5H3. The maximum atomic E-state index is 12.2. The molecule has 0 fully saturated rings. The van der Waals surface area contributed by atoms with Crippen LogP contribution in [0.2, 0.25) is 0 Å². The van der Waals surface area contributed by atoms with Crippen molar-refractivity contribution in [2.45, 2.75) is 36.9 Å². The highest BCUT2D eigenvalue weighted by Gasteiger charge is 2.21. The predicted molar refractivity (Wildman–Crippen MR) is 98.3 cm³/mol. The Morgan fingerprint density at radius 2 is 1.73 bits per heavy atom. The third kappa shape index (κ3) is 4.36. The van der Waals surface area contributed by atoms with Crippen LogP contribution in [0, 0.1) is 6.92 Å². The minimum absolute atomic E-state index is 0.0932. The van der Waals surface area contributed by atoms with Gasteiger partial charge in [-0.25, -0.2) is 26.8 Å². The van der Waals surface area contributed by atoms with Crippen molar-refractivity contribution in [2.75, 3.05) is 6.26 Å². The van der Waals surface area contributed by atoms with E-state index in [-0.39, 0.29) is 16.9 Å². The third-order valence-corrected chi connectivity index (χ3v) is 6.80. The molecule has 2 aromatic heterocycles. The minimum Gasteiger partial charge on any atom is -0.318 e. The molecule has 0 bridgehead atoms. The normalized spacial score (nSPS) is 12.5. The fourth-order valence-electron chi connectivity index (χ4n) is 2.25. The molecule has 2 aromatic rings. The summed E-state index contributed by atoms with van der Waals surface area (Å²) in [5.41, 5.74) is 1.11. The van der Waals surface area contributed by atoms with Gasteiger partial charge in [0.25, 0.3) is 5.56 Å². The summed E-state index contributed by atoms with van der Waals surface area (Å²) < 4.78 is 49.6. The van der Waals surface area contributed by atoms with Crippen molar-refractivity contribution < 1.29 is 16.8 Å². The highest BCUT2D eigenvalue weighted by molar-refractivity contribution is 7.91. The summed E-state index contributed by atoms with van der Waals surface area (Å²) in [5, 5.41) is -1.07. The van der Waals surface area contributed by atoms with Gasteiger partial charge in [-0.05, 0) is 32.9 Å². The van der Waals surface area contributed by atoms with Gasteiger partial charge in [0, 0.05) is 30.6 Å². The molecule has 8 nitrogen and oxygen atoms in total. The Morgan fingerprint density at radius 3 is 2.23 bits per heavy atom. The average Bonchev–Trinajstić information content (AvgIpc) is 2.50. The molecule has 0 aliphatic carbocycles. The number of pyridine rings is 1. The molecular formula is C16H21N3O5S2. The Balaban J connectivity index is 2.71. The Bertz CT molecular complexity index is 1090.